The highest BCUT2D eigenvalue weighted by atomic mass is 35.5. The summed E-state index contributed by atoms with van der Waals surface area (Å²) in [7, 11) is -7.89. The molecule has 0 saturated carbocycles. The van der Waals surface area contributed by atoms with Crippen molar-refractivity contribution in [2.24, 2.45) is 5.92 Å². The van der Waals surface area contributed by atoms with Crippen molar-refractivity contribution in [1.29, 1.82) is 0 Å². The summed E-state index contributed by atoms with van der Waals surface area (Å²) in [5.41, 5.74) is -1.51. The fraction of sp³-hybridized carbons (Fsp3) is 0.435. The minimum atomic E-state index is -4.76. The molecule has 1 fully saturated rings. The zero-order valence-corrected chi connectivity index (χ0v) is 21.7. The van der Waals surface area contributed by atoms with E-state index in [9.17, 15) is 34.8 Å². The average molecular weight is 552 g/mol. The molecule has 3 rings (SSSR count). The van der Waals surface area contributed by atoms with E-state index in [1.165, 1.54) is 17.0 Å². The van der Waals surface area contributed by atoms with Crippen molar-refractivity contribution >= 4 is 37.2 Å². The van der Waals surface area contributed by atoms with E-state index in [-0.39, 0.29) is 29.5 Å². The molecule has 6 nitrogen and oxygen atoms in total. The van der Waals surface area contributed by atoms with Gasteiger partial charge in [0.1, 0.15) is 0 Å². The predicted molar refractivity (Wildman–Crippen MR) is 126 cm³/mol. The number of carbonyl (C=O) groups excluding carboxylic acids is 1. The second-order valence-corrected chi connectivity index (χ2v) is 14.1. The molecule has 2 aromatic rings. The van der Waals surface area contributed by atoms with E-state index in [4.69, 9.17) is 11.6 Å². The number of alkyl halides is 3. The van der Waals surface area contributed by atoms with Gasteiger partial charge in [0.2, 0.25) is 0 Å². The quantitative estimate of drug-likeness (QED) is 0.529. The van der Waals surface area contributed by atoms with Crippen molar-refractivity contribution in [3.63, 3.8) is 0 Å². The standard InChI is InChI=1S/C23H25ClF3NO5S2/c1-22(2,35(32,33)18-6-4-5-17(24)14-18)15-9-11-28(12-10-15)21(29)19-8-7-16(23(25,26)27)13-20(19)34(3,30)31/h4-8,13-15H,9-12H2,1-3H3. The lowest BCUT2D eigenvalue weighted by Gasteiger charge is -2.40. The van der Waals surface area contributed by atoms with Crippen molar-refractivity contribution in [1.82, 2.24) is 4.90 Å². The third-order valence-electron chi connectivity index (χ3n) is 6.50. The highest BCUT2D eigenvalue weighted by molar-refractivity contribution is 7.92. The van der Waals surface area contributed by atoms with Crippen LogP contribution >= 0.6 is 11.6 Å². The monoisotopic (exact) mass is 551 g/mol. The van der Waals surface area contributed by atoms with Crippen molar-refractivity contribution in [2.75, 3.05) is 19.3 Å². The fourth-order valence-corrected chi connectivity index (χ4v) is 7.26. The molecule has 0 N–H and O–H groups in total. The molecule has 0 radical (unpaired) electrons. The Balaban J connectivity index is 1.83. The molecule has 2 aromatic carbocycles. The molecule has 0 atom stereocenters. The molecule has 192 valence electrons. The number of rotatable bonds is 5. The zero-order valence-electron chi connectivity index (χ0n) is 19.3. The largest absolute Gasteiger partial charge is 0.416 e. The second-order valence-electron chi connectivity index (χ2n) is 9.11. The maximum Gasteiger partial charge on any atom is 0.416 e. The number of hydrogen-bond acceptors (Lipinski definition) is 5. The van der Waals surface area contributed by atoms with Crippen LogP contribution in [-0.2, 0) is 25.9 Å². The van der Waals surface area contributed by atoms with Gasteiger partial charge in [-0.25, -0.2) is 16.8 Å². The van der Waals surface area contributed by atoms with Crippen molar-refractivity contribution in [3.05, 3.63) is 58.6 Å². The Morgan fingerprint density at radius 3 is 2.11 bits per heavy atom. The van der Waals surface area contributed by atoms with Gasteiger partial charge in [0.15, 0.2) is 19.7 Å². The third kappa shape index (κ3) is 5.51. The molecule has 1 amide bonds. The van der Waals surface area contributed by atoms with Crippen LogP contribution in [0.1, 0.15) is 42.6 Å². The molecular weight excluding hydrogens is 527 g/mol. The number of likely N-dealkylation sites (tertiary alicyclic amines) is 1. The van der Waals surface area contributed by atoms with Gasteiger partial charge in [-0.05, 0) is 69.0 Å². The van der Waals surface area contributed by atoms with E-state index in [2.05, 4.69) is 0 Å². The number of hydrogen-bond donors (Lipinski definition) is 0. The van der Waals surface area contributed by atoms with Gasteiger partial charge < -0.3 is 4.90 Å². The smallest absolute Gasteiger partial charge is 0.339 e. The highest BCUT2D eigenvalue weighted by Gasteiger charge is 2.44. The first-order valence-electron chi connectivity index (χ1n) is 10.7. The first kappa shape index (κ1) is 27.5. The van der Waals surface area contributed by atoms with Crippen molar-refractivity contribution < 1.29 is 34.8 Å². The molecule has 1 aliphatic rings. The number of amides is 1. The van der Waals surface area contributed by atoms with Gasteiger partial charge >= 0.3 is 6.18 Å². The predicted octanol–water partition coefficient (Wildman–Crippen LogP) is 4.87. The van der Waals surface area contributed by atoms with Crippen LogP contribution in [0.5, 0.6) is 0 Å². The Morgan fingerprint density at radius 1 is 1.00 bits per heavy atom. The van der Waals surface area contributed by atoms with Gasteiger partial charge in [-0.1, -0.05) is 17.7 Å². The molecule has 1 aliphatic heterocycles. The van der Waals surface area contributed by atoms with Crippen molar-refractivity contribution in [3.8, 4) is 0 Å². The minimum Gasteiger partial charge on any atom is -0.339 e. The second kappa shape index (κ2) is 9.40. The Bertz CT molecular complexity index is 1350. The third-order valence-corrected chi connectivity index (χ3v) is 10.5. The van der Waals surface area contributed by atoms with E-state index in [0.717, 1.165) is 12.3 Å². The SMILES string of the molecule is CC(C)(C1CCN(C(=O)c2ccc(C(F)(F)F)cc2S(C)(=O)=O)CC1)S(=O)(=O)c1cccc(Cl)c1. The number of nitrogens with zero attached hydrogens (tertiary/aromatic N) is 1. The van der Waals surface area contributed by atoms with Gasteiger partial charge in [0.05, 0.1) is 25.7 Å². The van der Waals surface area contributed by atoms with Gasteiger partial charge in [-0.2, -0.15) is 13.2 Å². The minimum absolute atomic E-state index is 0.0936. The maximum atomic E-state index is 13.3. The molecule has 1 heterocycles. The Hall–Kier alpha value is -2.11. The summed E-state index contributed by atoms with van der Waals surface area (Å²) in [6, 6.07) is 8.00. The van der Waals surface area contributed by atoms with E-state index in [0.29, 0.717) is 30.0 Å². The van der Waals surface area contributed by atoms with Crippen LogP contribution in [0.4, 0.5) is 13.2 Å². The Kier molecular flexibility index (Phi) is 7.38. The van der Waals surface area contributed by atoms with Crippen molar-refractivity contribution in [2.45, 2.75) is 47.4 Å². The number of benzene rings is 2. The van der Waals surface area contributed by atoms with Crippen LogP contribution in [0.15, 0.2) is 52.3 Å². The lowest BCUT2D eigenvalue weighted by Crippen LogP contribution is -2.47. The maximum absolute atomic E-state index is 13.3. The lowest BCUT2D eigenvalue weighted by atomic mass is 9.85. The van der Waals surface area contributed by atoms with Gasteiger partial charge in [0.25, 0.3) is 5.91 Å². The molecule has 0 aromatic heterocycles. The normalized spacial score (nSPS) is 16.4. The van der Waals surface area contributed by atoms with E-state index in [1.807, 2.05) is 0 Å². The highest BCUT2D eigenvalue weighted by Crippen LogP contribution is 2.39. The van der Waals surface area contributed by atoms with Gasteiger partial charge in [-0.15, -0.1) is 0 Å². The van der Waals surface area contributed by atoms with Crippen LogP contribution in [0.3, 0.4) is 0 Å². The molecule has 0 spiro atoms. The van der Waals surface area contributed by atoms with Gasteiger partial charge in [-0.3, -0.25) is 4.79 Å². The first-order valence-corrected chi connectivity index (χ1v) is 14.4. The summed E-state index contributed by atoms with van der Waals surface area (Å²) in [5.74, 6) is -1.04. The van der Waals surface area contributed by atoms with Crippen LogP contribution < -0.4 is 0 Å². The van der Waals surface area contributed by atoms with Gasteiger partial charge in [0, 0.05) is 24.4 Å². The van der Waals surface area contributed by atoms with E-state index >= 15 is 0 Å². The molecule has 35 heavy (non-hydrogen) atoms. The average Bonchev–Trinajstić information content (AvgIpc) is 2.77. The van der Waals surface area contributed by atoms with E-state index < -0.39 is 47.0 Å². The zero-order chi connectivity index (χ0) is 26.4. The summed E-state index contributed by atoms with van der Waals surface area (Å²) in [5, 5.41) is 0.292. The summed E-state index contributed by atoms with van der Waals surface area (Å²) < 4.78 is 89.0. The lowest BCUT2D eigenvalue weighted by molar-refractivity contribution is -0.137. The van der Waals surface area contributed by atoms with Crippen LogP contribution in [0, 0.1) is 5.92 Å². The molecule has 0 aliphatic carbocycles. The molecule has 12 heteroatoms. The van der Waals surface area contributed by atoms with Crippen LogP contribution in [-0.4, -0.2) is 51.7 Å². The summed E-state index contributed by atoms with van der Waals surface area (Å²) in [6.45, 7) is 3.48. The van der Waals surface area contributed by atoms with Crippen LogP contribution in [0.2, 0.25) is 5.02 Å². The molecule has 0 bridgehead atoms. The fourth-order valence-electron chi connectivity index (χ4n) is 4.29. The number of carbonyl (C=O) groups is 1. The molecule has 1 saturated heterocycles. The van der Waals surface area contributed by atoms with Crippen LogP contribution in [0.25, 0.3) is 0 Å². The number of halogens is 4. The number of sulfone groups is 2. The summed E-state index contributed by atoms with van der Waals surface area (Å²) in [6.07, 6.45) is -3.39. The Morgan fingerprint density at radius 2 is 1.60 bits per heavy atom. The topological polar surface area (TPSA) is 88.6 Å². The molecular formula is C23H25ClF3NO5S2. The number of piperidine rings is 1. The Labute approximate surface area is 207 Å². The first-order chi connectivity index (χ1) is 16.0. The summed E-state index contributed by atoms with van der Waals surface area (Å²) in [4.78, 5) is 13.8. The van der Waals surface area contributed by atoms with E-state index in [1.54, 1.807) is 26.0 Å². The molecule has 0 unspecified atom stereocenters. The summed E-state index contributed by atoms with van der Waals surface area (Å²) >= 11 is 5.96.